The number of fused-ring (bicyclic) bond motifs is 5. The molecule has 3 aliphatic carbocycles. The minimum absolute atomic E-state index is 0.391. The Morgan fingerprint density at radius 2 is 1.93 bits per heavy atom. The summed E-state index contributed by atoms with van der Waals surface area (Å²) in [6.07, 6.45) is 9.67. The first-order valence-electron chi connectivity index (χ1n) is 6.27. The average Bonchev–Trinajstić information content (AvgIpc) is 2.70. The summed E-state index contributed by atoms with van der Waals surface area (Å²) < 4.78 is 0. The highest BCUT2D eigenvalue weighted by Gasteiger charge is 2.59. The predicted octanol–water partition coefficient (Wildman–Crippen LogP) is 3.20. The fourth-order valence-electron chi connectivity index (χ4n) is 4.73. The van der Waals surface area contributed by atoms with Gasteiger partial charge in [-0.3, -0.25) is 4.79 Å². The summed E-state index contributed by atoms with van der Waals surface area (Å²) in [5.74, 6) is 3.24. The molecule has 3 aliphatic rings. The summed E-state index contributed by atoms with van der Waals surface area (Å²) in [4.78, 5) is 11.6. The highest BCUT2D eigenvalue weighted by atomic mass is 16.1. The number of allylic oxidation sites excluding steroid dienone is 2. The molecule has 0 radical (unpaired) electrons. The monoisotopic (exact) mass is 204 g/mol. The van der Waals surface area contributed by atoms with Crippen LogP contribution >= 0.6 is 0 Å². The molecular formula is C14H20O. The fraction of sp³-hybridized carbons (Fsp3) is 0.786. The van der Waals surface area contributed by atoms with Crippen LogP contribution in [0.3, 0.4) is 0 Å². The Balaban J connectivity index is 1.93. The second-order valence-electron chi connectivity index (χ2n) is 6.16. The largest absolute Gasteiger partial charge is 0.300 e. The minimum Gasteiger partial charge on any atom is -0.300 e. The molecule has 0 heterocycles. The standard InChI is InChI=1S/C14H20O/c1-9(15)11-7-14(2)8-12(11)10-5-3-4-6-13(10)14/h3-4,10-13H,5-8H2,1-2H3. The van der Waals surface area contributed by atoms with Crippen molar-refractivity contribution in [3.8, 4) is 0 Å². The van der Waals surface area contributed by atoms with E-state index in [1.807, 2.05) is 0 Å². The molecule has 0 aromatic heterocycles. The lowest BCUT2D eigenvalue weighted by Gasteiger charge is -2.41. The van der Waals surface area contributed by atoms with Crippen molar-refractivity contribution in [2.24, 2.45) is 29.1 Å². The van der Waals surface area contributed by atoms with Crippen LogP contribution in [0.15, 0.2) is 12.2 Å². The van der Waals surface area contributed by atoms with Crippen molar-refractivity contribution in [3.05, 3.63) is 12.2 Å². The molecule has 2 fully saturated rings. The topological polar surface area (TPSA) is 17.1 Å². The molecule has 15 heavy (non-hydrogen) atoms. The second-order valence-corrected chi connectivity index (χ2v) is 6.16. The van der Waals surface area contributed by atoms with E-state index in [1.165, 1.54) is 25.7 Å². The summed E-state index contributed by atoms with van der Waals surface area (Å²) in [6, 6.07) is 0. The van der Waals surface area contributed by atoms with Crippen molar-refractivity contribution in [3.63, 3.8) is 0 Å². The lowest BCUT2D eigenvalue weighted by atomic mass is 9.63. The molecule has 0 saturated heterocycles. The van der Waals surface area contributed by atoms with E-state index >= 15 is 0 Å². The van der Waals surface area contributed by atoms with Gasteiger partial charge in [-0.15, -0.1) is 0 Å². The molecule has 5 unspecified atom stereocenters. The normalized spacial score (nSPS) is 51.9. The molecule has 82 valence electrons. The third-order valence-electron chi connectivity index (χ3n) is 5.35. The van der Waals surface area contributed by atoms with Gasteiger partial charge in [-0.05, 0) is 55.8 Å². The van der Waals surface area contributed by atoms with Gasteiger partial charge in [0.1, 0.15) is 5.78 Å². The molecule has 0 amide bonds. The van der Waals surface area contributed by atoms with E-state index in [1.54, 1.807) is 6.92 Å². The molecule has 0 aromatic rings. The second kappa shape index (κ2) is 2.96. The van der Waals surface area contributed by atoms with Gasteiger partial charge in [-0.2, -0.15) is 0 Å². The van der Waals surface area contributed by atoms with Crippen LogP contribution in [0.5, 0.6) is 0 Å². The van der Waals surface area contributed by atoms with Crippen molar-refractivity contribution < 1.29 is 4.79 Å². The molecule has 2 saturated carbocycles. The minimum atomic E-state index is 0.391. The first-order chi connectivity index (χ1) is 7.12. The van der Waals surface area contributed by atoms with E-state index in [2.05, 4.69) is 19.1 Å². The van der Waals surface area contributed by atoms with Crippen LogP contribution in [-0.2, 0) is 4.79 Å². The molecule has 2 bridgehead atoms. The van der Waals surface area contributed by atoms with Gasteiger partial charge < -0.3 is 0 Å². The number of hydrogen-bond donors (Lipinski definition) is 0. The molecule has 0 spiro atoms. The highest BCUT2D eigenvalue weighted by molar-refractivity contribution is 5.79. The first-order valence-corrected chi connectivity index (χ1v) is 6.27. The Morgan fingerprint density at radius 1 is 1.20 bits per heavy atom. The molecule has 1 nitrogen and oxygen atoms in total. The van der Waals surface area contributed by atoms with Gasteiger partial charge in [-0.25, -0.2) is 0 Å². The van der Waals surface area contributed by atoms with Gasteiger partial charge in [0.25, 0.3) is 0 Å². The van der Waals surface area contributed by atoms with Gasteiger partial charge in [-0.1, -0.05) is 19.1 Å². The highest BCUT2D eigenvalue weighted by Crippen LogP contribution is 2.65. The summed E-state index contributed by atoms with van der Waals surface area (Å²) >= 11 is 0. The van der Waals surface area contributed by atoms with Crippen molar-refractivity contribution in [2.75, 3.05) is 0 Å². The lowest BCUT2D eigenvalue weighted by Crippen LogP contribution is -2.36. The van der Waals surface area contributed by atoms with Gasteiger partial charge >= 0.3 is 0 Å². The van der Waals surface area contributed by atoms with Crippen LogP contribution in [0.25, 0.3) is 0 Å². The third-order valence-corrected chi connectivity index (χ3v) is 5.35. The van der Waals surface area contributed by atoms with Crippen LogP contribution in [0.2, 0.25) is 0 Å². The number of hydrogen-bond acceptors (Lipinski definition) is 1. The Labute approximate surface area is 91.9 Å². The number of Topliss-reactive ketones (excluding diaryl/α,β-unsaturated/α-hetero) is 1. The smallest absolute Gasteiger partial charge is 0.133 e. The van der Waals surface area contributed by atoms with Crippen molar-refractivity contribution in [1.29, 1.82) is 0 Å². The van der Waals surface area contributed by atoms with Crippen molar-refractivity contribution >= 4 is 5.78 Å². The molecule has 3 rings (SSSR count). The number of carbonyl (C=O) groups is 1. The molecular weight excluding hydrogens is 184 g/mol. The fourth-order valence-corrected chi connectivity index (χ4v) is 4.73. The van der Waals surface area contributed by atoms with E-state index in [-0.39, 0.29) is 0 Å². The van der Waals surface area contributed by atoms with Gasteiger partial charge in [0.05, 0.1) is 0 Å². The zero-order chi connectivity index (χ0) is 10.6. The van der Waals surface area contributed by atoms with Crippen LogP contribution in [-0.4, -0.2) is 5.78 Å². The Hall–Kier alpha value is -0.590. The van der Waals surface area contributed by atoms with Crippen molar-refractivity contribution in [1.82, 2.24) is 0 Å². The lowest BCUT2D eigenvalue weighted by molar-refractivity contribution is -0.123. The Bertz CT molecular complexity index is 330. The Kier molecular flexibility index (Phi) is 1.90. The van der Waals surface area contributed by atoms with Gasteiger partial charge in [0, 0.05) is 5.92 Å². The average molecular weight is 204 g/mol. The number of carbonyl (C=O) groups excluding carboxylic acids is 1. The van der Waals surface area contributed by atoms with Crippen LogP contribution in [0.1, 0.15) is 39.5 Å². The molecule has 0 aromatic carbocycles. The van der Waals surface area contributed by atoms with E-state index in [4.69, 9.17) is 0 Å². The van der Waals surface area contributed by atoms with Gasteiger partial charge in [0.2, 0.25) is 0 Å². The third kappa shape index (κ3) is 1.18. The van der Waals surface area contributed by atoms with Crippen LogP contribution in [0, 0.1) is 29.1 Å². The first kappa shape index (κ1) is 9.62. The Morgan fingerprint density at radius 3 is 2.67 bits per heavy atom. The van der Waals surface area contributed by atoms with E-state index in [0.29, 0.717) is 23.0 Å². The summed E-state index contributed by atoms with van der Waals surface area (Å²) in [6.45, 7) is 4.22. The maximum atomic E-state index is 11.6. The maximum Gasteiger partial charge on any atom is 0.133 e. The number of rotatable bonds is 1. The number of ketones is 1. The molecule has 5 atom stereocenters. The van der Waals surface area contributed by atoms with Crippen LogP contribution in [0.4, 0.5) is 0 Å². The zero-order valence-electron chi connectivity index (χ0n) is 9.70. The van der Waals surface area contributed by atoms with E-state index < -0.39 is 0 Å². The molecule has 1 heteroatoms. The SMILES string of the molecule is CC(=O)C1CC2(C)CC1C1CC=CCC12. The maximum absolute atomic E-state index is 11.6. The van der Waals surface area contributed by atoms with Crippen LogP contribution < -0.4 is 0 Å². The van der Waals surface area contributed by atoms with E-state index in [9.17, 15) is 4.79 Å². The molecule has 0 N–H and O–H groups in total. The molecule has 0 aliphatic heterocycles. The van der Waals surface area contributed by atoms with Gasteiger partial charge in [0.15, 0.2) is 0 Å². The summed E-state index contributed by atoms with van der Waals surface area (Å²) in [5, 5.41) is 0. The summed E-state index contributed by atoms with van der Waals surface area (Å²) in [7, 11) is 0. The predicted molar refractivity (Wildman–Crippen MR) is 60.4 cm³/mol. The van der Waals surface area contributed by atoms with E-state index in [0.717, 1.165) is 11.8 Å². The zero-order valence-corrected chi connectivity index (χ0v) is 9.70. The van der Waals surface area contributed by atoms with Crippen molar-refractivity contribution in [2.45, 2.75) is 39.5 Å². The summed E-state index contributed by atoms with van der Waals surface area (Å²) in [5.41, 5.74) is 0.483. The quantitative estimate of drug-likeness (QED) is 0.599.